The van der Waals surface area contributed by atoms with Gasteiger partial charge < -0.3 is 4.40 Å². The predicted molar refractivity (Wildman–Crippen MR) is 233 cm³/mol. The fourth-order valence-electron chi connectivity index (χ4n) is 8.15. The highest BCUT2D eigenvalue weighted by atomic mass is 16.1. The second-order valence-corrected chi connectivity index (χ2v) is 16.9. The molecule has 9 rings (SSSR count). The lowest BCUT2D eigenvalue weighted by Crippen LogP contribution is -2.14. The van der Waals surface area contributed by atoms with Gasteiger partial charge in [0, 0.05) is 21.5 Å². The molecule has 2 heterocycles. The zero-order valence-corrected chi connectivity index (χ0v) is 32.2. The molecule has 3 nitrogen and oxygen atoms in total. The first kappa shape index (κ1) is 34.4. The van der Waals surface area contributed by atoms with Crippen LogP contribution in [0.5, 0.6) is 0 Å². The lowest BCUT2D eigenvalue weighted by Gasteiger charge is -2.20. The van der Waals surface area contributed by atoms with Gasteiger partial charge in [0.2, 0.25) is 0 Å². The molecular formula is C52H43NO2. The van der Waals surface area contributed by atoms with E-state index < -0.39 is 0 Å². The molecule has 55 heavy (non-hydrogen) atoms. The summed E-state index contributed by atoms with van der Waals surface area (Å²) < 4.78 is 2.14. The smallest absolute Gasteiger partial charge is 0.197 e. The van der Waals surface area contributed by atoms with Crippen LogP contribution in [0.3, 0.4) is 0 Å². The van der Waals surface area contributed by atoms with E-state index in [-0.39, 0.29) is 21.7 Å². The monoisotopic (exact) mass is 713 g/mol. The summed E-state index contributed by atoms with van der Waals surface area (Å²) in [6.45, 7) is 13.3. The van der Waals surface area contributed by atoms with Gasteiger partial charge in [-0.05, 0) is 103 Å². The highest BCUT2D eigenvalue weighted by Gasteiger charge is 2.21. The lowest BCUT2D eigenvalue weighted by atomic mass is 9.86. The van der Waals surface area contributed by atoms with Gasteiger partial charge in [-0.3, -0.25) is 9.59 Å². The van der Waals surface area contributed by atoms with E-state index in [4.69, 9.17) is 0 Å². The quantitative estimate of drug-likeness (QED) is 0.135. The summed E-state index contributed by atoms with van der Waals surface area (Å²) in [6.07, 6.45) is 0. The molecule has 268 valence electrons. The second kappa shape index (κ2) is 12.6. The van der Waals surface area contributed by atoms with Crippen LogP contribution in [-0.4, -0.2) is 4.40 Å². The van der Waals surface area contributed by atoms with Crippen LogP contribution in [0.1, 0.15) is 52.7 Å². The van der Waals surface area contributed by atoms with Crippen molar-refractivity contribution in [1.82, 2.24) is 4.40 Å². The van der Waals surface area contributed by atoms with Crippen LogP contribution in [0.25, 0.3) is 82.6 Å². The van der Waals surface area contributed by atoms with E-state index in [1.165, 1.54) is 11.1 Å². The Morgan fingerprint density at radius 1 is 0.364 bits per heavy atom. The van der Waals surface area contributed by atoms with E-state index in [0.29, 0.717) is 27.1 Å². The first-order valence-corrected chi connectivity index (χ1v) is 19.1. The van der Waals surface area contributed by atoms with E-state index in [1.807, 2.05) is 66.7 Å². The molecule has 0 saturated carbocycles. The van der Waals surface area contributed by atoms with Gasteiger partial charge >= 0.3 is 0 Å². The van der Waals surface area contributed by atoms with E-state index in [0.717, 1.165) is 55.5 Å². The molecule has 0 aliphatic rings. The van der Waals surface area contributed by atoms with Crippen LogP contribution < -0.4 is 10.9 Å². The van der Waals surface area contributed by atoms with E-state index in [1.54, 1.807) is 0 Å². The number of pyridine rings is 2. The summed E-state index contributed by atoms with van der Waals surface area (Å²) in [4.78, 5) is 29.7. The maximum Gasteiger partial charge on any atom is 0.197 e. The Hall–Kier alpha value is -6.32. The Labute approximate surface area is 321 Å². The molecule has 0 radical (unpaired) electrons. The average Bonchev–Trinajstić information content (AvgIpc) is 3.20. The van der Waals surface area contributed by atoms with Crippen LogP contribution in [0.4, 0.5) is 0 Å². The van der Waals surface area contributed by atoms with Gasteiger partial charge in [0.05, 0.1) is 16.6 Å². The van der Waals surface area contributed by atoms with Crippen LogP contribution in [-0.2, 0) is 10.8 Å². The Kier molecular flexibility index (Phi) is 7.91. The Balaban J connectivity index is 1.35. The molecule has 0 aliphatic heterocycles. The summed E-state index contributed by atoms with van der Waals surface area (Å²) in [5, 5.41) is 2.30. The van der Waals surface area contributed by atoms with Gasteiger partial charge in [0.15, 0.2) is 10.9 Å². The molecule has 3 heteroatoms. The molecule has 7 aromatic carbocycles. The molecule has 2 aromatic heterocycles. The maximum atomic E-state index is 14.9. The SMILES string of the molecule is CC(C)(C)c1ccc(-c2ccc3c(c2)c(=O)c2cc(-c4ccccc4-c4ccccc4)cc4c(=O)c5cc(-c6ccc(C(C)(C)C)cc6)ccc5n3c24)cc1. The van der Waals surface area contributed by atoms with Crippen LogP contribution in [0.2, 0.25) is 0 Å². The van der Waals surface area contributed by atoms with E-state index >= 15 is 0 Å². The second-order valence-electron chi connectivity index (χ2n) is 16.9. The maximum absolute atomic E-state index is 14.9. The molecule has 0 aliphatic carbocycles. The fraction of sp³-hybridized carbons (Fsp3) is 0.154. The van der Waals surface area contributed by atoms with Gasteiger partial charge in [-0.15, -0.1) is 0 Å². The third-order valence-corrected chi connectivity index (χ3v) is 11.3. The molecule has 0 N–H and O–H groups in total. The Morgan fingerprint density at radius 2 is 0.745 bits per heavy atom. The summed E-state index contributed by atoms with van der Waals surface area (Å²) in [5.74, 6) is 0. The number of benzene rings is 7. The lowest BCUT2D eigenvalue weighted by molar-refractivity contribution is 0.590. The molecule has 0 saturated heterocycles. The number of rotatable bonds is 4. The molecular weight excluding hydrogens is 671 g/mol. The minimum absolute atomic E-state index is 0.0391. The number of aromatic nitrogens is 1. The molecule has 9 aromatic rings. The highest BCUT2D eigenvalue weighted by molar-refractivity contribution is 6.10. The first-order chi connectivity index (χ1) is 26.4. The summed E-state index contributed by atoms with van der Waals surface area (Å²) in [5.41, 5.74) is 12.6. The van der Waals surface area contributed by atoms with Crippen molar-refractivity contribution in [3.63, 3.8) is 0 Å². The third kappa shape index (κ3) is 5.83. The van der Waals surface area contributed by atoms with Crippen molar-refractivity contribution < 1.29 is 0 Å². The molecule has 0 amide bonds. The van der Waals surface area contributed by atoms with Crippen molar-refractivity contribution >= 4 is 38.1 Å². The van der Waals surface area contributed by atoms with Gasteiger partial charge in [-0.25, -0.2) is 0 Å². The van der Waals surface area contributed by atoms with Crippen molar-refractivity contribution in [3.05, 3.63) is 183 Å². The summed E-state index contributed by atoms with van der Waals surface area (Å²) in [7, 11) is 0. The molecule has 0 spiro atoms. The van der Waals surface area contributed by atoms with E-state index in [9.17, 15) is 9.59 Å². The van der Waals surface area contributed by atoms with Gasteiger partial charge in [-0.1, -0.05) is 157 Å². The normalized spacial score (nSPS) is 12.3. The molecule has 0 bridgehead atoms. The van der Waals surface area contributed by atoms with Gasteiger partial charge in [0.1, 0.15) is 0 Å². The van der Waals surface area contributed by atoms with Crippen molar-refractivity contribution in [1.29, 1.82) is 0 Å². The zero-order valence-electron chi connectivity index (χ0n) is 32.2. The largest absolute Gasteiger partial charge is 0.308 e. The Bertz CT molecular complexity index is 2890. The molecule has 0 atom stereocenters. The topological polar surface area (TPSA) is 38.5 Å². The van der Waals surface area contributed by atoms with Gasteiger partial charge in [-0.2, -0.15) is 0 Å². The predicted octanol–water partition coefficient (Wildman–Crippen LogP) is 12.8. The van der Waals surface area contributed by atoms with Crippen LogP contribution in [0.15, 0.2) is 161 Å². The van der Waals surface area contributed by atoms with Crippen molar-refractivity contribution in [2.24, 2.45) is 0 Å². The summed E-state index contributed by atoms with van der Waals surface area (Å²) >= 11 is 0. The van der Waals surface area contributed by atoms with Crippen molar-refractivity contribution in [2.45, 2.75) is 52.4 Å². The third-order valence-electron chi connectivity index (χ3n) is 11.3. The van der Waals surface area contributed by atoms with Gasteiger partial charge in [0.25, 0.3) is 0 Å². The number of hydrogen-bond donors (Lipinski definition) is 0. The molecule has 0 unspecified atom stereocenters. The Morgan fingerprint density at radius 3 is 1.18 bits per heavy atom. The number of nitrogens with zero attached hydrogens (tertiary/aromatic N) is 1. The average molecular weight is 714 g/mol. The van der Waals surface area contributed by atoms with E-state index in [2.05, 4.69) is 131 Å². The van der Waals surface area contributed by atoms with Crippen molar-refractivity contribution in [2.75, 3.05) is 0 Å². The van der Waals surface area contributed by atoms with Crippen LogP contribution >= 0.6 is 0 Å². The number of fused-ring (bicyclic) bond motifs is 4. The summed E-state index contributed by atoms with van der Waals surface area (Å²) in [6, 6.07) is 52.1. The minimum atomic E-state index is -0.0819. The molecule has 0 fully saturated rings. The standard InChI is InChI=1S/C52H43NO2/c1-51(2,3)38-22-16-32(17-23-38)35-20-26-46-42(28-35)49(54)44-30-37(41-15-11-10-14-40(41)34-12-8-7-9-13-34)31-45-48(44)53(46)47-27-21-36(29-43(47)50(45)55)33-18-24-39(25-19-33)52(4,5)6/h7-31H,1-6H3. The fourth-order valence-corrected chi connectivity index (χ4v) is 8.15. The minimum Gasteiger partial charge on any atom is -0.308 e. The van der Waals surface area contributed by atoms with Crippen molar-refractivity contribution in [3.8, 4) is 44.5 Å². The van der Waals surface area contributed by atoms with Crippen LogP contribution in [0, 0.1) is 0 Å². The highest BCUT2D eigenvalue weighted by Crippen LogP contribution is 2.38. The zero-order chi connectivity index (χ0) is 38.2. The number of hydrogen-bond acceptors (Lipinski definition) is 2. The first-order valence-electron chi connectivity index (χ1n) is 19.1.